The van der Waals surface area contributed by atoms with E-state index in [-0.39, 0.29) is 11.5 Å². The number of aldehydes is 1. The van der Waals surface area contributed by atoms with Crippen LogP contribution in [0, 0.1) is 0 Å². The normalized spacial score (nSPS) is 11.0. The van der Waals surface area contributed by atoms with Crippen molar-refractivity contribution < 1.29 is 17.9 Å². The quantitative estimate of drug-likeness (QED) is 0.558. The molecule has 0 unspecified atom stereocenters. The van der Waals surface area contributed by atoms with E-state index in [0.29, 0.717) is 12.2 Å². The number of carbonyl (C=O) groups is 1. The van der Waals surface area contributed by atoms with Gasteiger partial charge in [-0.2, -0.15) is 0 Å². The molecule has 1 rings (SSSR count). The Labute approximate surface area is 88.8 Å². The highest BCUT2D eigenvalue weighted by Gasteiger charge is 2.07. The van der Waals surface area contributed by atoms with Crippen molar-refractivity contribution in [2.45, 2.75) is 11.3 Å². The second kappa shape index (κ2) is 4.93. The Bertz CT molecular complexity index is 436. The van der Waals surface area contributed by atoms with E-state index in [4.69, 9.17) is 4.74 Å². The lowest BCUT2D eigenvalue weighted by Crippen LogP contribution is -2.00. The summed E-state index contributed by atoms with van der Waals surface area (Å²) >= 11 is 0. The molecule has 0 N–H and O–H groups in total. The van der Waals surface area contributed by atoms with Crippen molar-refractivity contribution in [3.8, 4) is 5.75 Å². The lowest BCUT2D eigenvalue weighted by molar-refractivity contribution is -0.108. The molecule has 4 nitrogen and oxygen atoms in total. The van der Waals surface area contributed by atoms with Crippen molar-refractivity contribution in [3.05, 3.63) is 24.3 Å². The Morgan fingerprint density at radius 1 is 1.40 bits per heavy atom. The minimum Gasteiger partial charge on any atom is -0.493 e. The van der Waals surface area contributed by atoms with Crippen LogP contribution in [0.25, 0.3) is 0 Å². The average Bonchev–Trinajstić information content (AvgIpc) is 2.17. The van der Waals surface area contributed by atoms with Crippen LogP contribution in [0.4, 0.5) is 0 Å². The molecule has 0 aromatic heterocycles. The molecule has 0 bridgehead atoms. The third kappa shape index (κ3) is 3.71. The van der Waals surface area contributed by atoms with E-state index in [1.54, 1.807) is 12.1 Å². The molecule has 1 aromatic carbocycles. The van der Waals surface area contributed by atoms with Crippen molar-refractivity contribution in [2.75, 3.05) is 12.9 Å². The van der Waals surface area contributed by atoms with Crippen LogP contribution in [0.5, 0.6) is 5.75 Å². The van der Waals surface area contributed by atoms with Gasteiger partial charge in [-0.1, -0.05) is 6.07 Å². The molecule has 0 atom stereocenters. The Hall–Kier alpha value is -1.36. The van der Waals surface area contributed by atoms with Gasteiger partial charge >= 0.3 is 0 Å². The van der Waals surface area contributed by atoms with Gasteiger partial charge < -0.3 is 9.53 Å². The van der Waals surface area contributed by atoms with Gasteiger partial charge in [-0.3, -0.25) is 0 Å². The zero-order valence-corrected chi connectivity index (χ0v) is 9.16. The molecule has 0 spiro atoms. The molecule has 82 valence electrons. The third-order valence-electron chi connectivity index (χ3n) is 1.74. The predicted molar refractivity (Wildman–Crippen MR) is 55.7 cm³/mol. The summed E-state index contributed by atoms with van der Waals surface area (Å²) in [4.78, 5) is 10.3. The minimum atomic E-state index is -3.21. The molecule has 15 heavy (non-hydrogen) atoms. The van der Waals surface area contributed by atoms with Crippen molar-refractivity contribution in [1.82, 2.24) is 0 Å². The van der Waals surface area contributed by atoms with Crippen molar-refractivity contribution >= 4 is 16.1 Å². The number of hydrogen-bond acceptors (Lipinski definition) is 4. The first kappa shape index (κ1) is 11.7. The third-order valence-corrected chi connectivity index (χ3v) is 2.85. The Morgan fingerprint density at radius 3 is 2.73 bits per heavy atom. The van der Waals surface area contributed by atoms with Crippen LogP contribution in [-0.2, 0) is 14.6 Å². The molecule has 0 aliphatic heterocycles. The second-order valence-corrected chi connectivity index (χ2v) is 5.07. The van der Waals surface area contributed by atoms with Gasteiger partial charge in [0, 0.05) is 12.7 Å². The summed E-state index contributed by atoms with van der Waals surface area (Å²) in [5.41, 5.74) is 0. The molecule has 0 saturated heterocycles. The van der Waals surface area contributed by atoms with Crippen LogP contribution in [-0.4, -0.2) is 27.6 Å². The van der Waals surface area contributed by atoms with Gasteiger partial charge in [0.15, 0.2) is 9.84 Å². The number of benzene rings is 1. The topological polar surface area (TPSA) is 60.4 Å². The molecule has 0 aliphatic rings. The molecular weight excluding hydrogens is 216 g/mol. The number of hydrogen-bond donors (Lipinski definition) is 0. The first-order chi connectivity index (χ1) is 7.04. The van der Waals surface area contributed by atoms with Crippen molar-refractivity contribution in [1.29, 1.82) is 0 Å². The smallest absolute Gasteiger partial charge is 0.175 e. The Balaban J connectivity index is 2.79. The fourth-order valence-corrected chi connectivity index (χ4v) is 1.68. The van der Waals surface area contributed by atoms with Crippen molar-refractivity contribution in [3.63, 3.8) is 0 Å². The predicted octanol–water partition coefficient (Wildman–Crippen LogP) is 1.06. The second-order valence-electron chi connectivity index (χ2n) is 3.05. The molecular formula is C10H12O4S. The van der Waals surface area contributed by atoms with E-state index in [0.717, 1.165) is 12.5 Å². The molecule has 0 aliphatic carbocycles. The molecule has 0 saturated carbocycles. The first-order valence-corrected chi connectivity index (χ1v) is 6.30. The van der Waals surface area contributed by atoms with Gasteiger partial charge in [0.1, 0.15) is 12.0 Å². The first-order valence-electron chi connectivity index (χ1n) is 4.40. The lowest BCUT2D eigenvalue weighted by Gasteiger charge is -2.05. The molecule has 0 amide bonds. The summed E-state index contributed by atoms with van der Waals surface area (Å²) in [5.74, 6) is 0.458. The number of ether oxygens (including phenoxy) is 1. The standard InChI is InChI=1S/C10H12O4S/c1-15(12,13)10-5-2-4-9(8-10)14-7-3-6-11/h2,4-6,8H,3,7H2,1H3. The van der Waals surface area contributed by atoms with Gasteiger partial charge in [0.2, 0.25) is 0 Å². The maximum Gasteiger partial charge on any atom is 0.175 e. The highest BCUT2D eigenvalue weighted by atomic mass is 32.2. The summed E-state index contributed by atoms with van der Waals surface area (Å²) < 4.78 is 27.6. The lowest BCUT2D eigenvalue weighted by atomic mass is 10.3. The molecule has 0 fully saturated rings. The van der Waals surface area contributed by atoms with Gasteiger partial charge in [0.05, 0.1) is 11.5 Å². The maximum atomic E-state index is 11.2. The number of carbonyl (C=O) groups excluding carboxylic acids is 1. The van der Waals surface area contributed by atoms with Gasteiger partial charge in [0.25, 0.3) is 0 Å². The fraction of sp³-hybridized carbons (Fsp3) is 0.300. The Kier molecular flexibility index (Phi) is 3.85. The van der Waals surface area contributed by atoms with Crippen LogP contribution in [0.3, 0.4) is 0 Å². The van der Waals surface area contributed by atoms with E-state index in [1.165, 1.54) is 12.1 Å². The minimum absolute atomic E-state index is 0.214. The summed E-state index contributed by atoms with van der Waals surface area (Å²) in [7, 11) is -3.21. The molecule has 0 heterocycles. The maximum absolute atomic E-state index is 11.2. The Morgan fingerprint density at radius 2 is 2.13 bits per heavy atom. The highest BCUT2D eigenvalue weighted by Crippen LogP contribution is 2.17. The summed E-state index contributed by atoms with van der Waals surface area (Å²) in [5, 5.41) is 0. The van der Waals surface area contributed by atoms with E-state index in [1.807, 2.05) is 0 Å². The monoisotopic (exact) mass is 228 g/mol. The van der Waals surface area contributed by atoms with Crippen LogP contribution < -0.4 is 4.74 Å². The fourth-order valence-electron chi connectivity index (χ4n) is 1.02. The van der Waals surface area contributed by atoms with E-state index in [2.05, 4.69) is 0 Å². The van der Waals surface area contributed by atoms with Gasteiger partial charge in [-0.15, -0.1) is 0 Å². The summed E-state index contributed by atoms with van der Waals surface area (Å²) in [6.07, 6.45) is 2.18. The zero-order chi connectivity index (χ0) is 11.3. The SMILES string of the molecule is CS(=O)(=O)c1cccc(OCCC=O)c1. The van der Waals surface area contributed by atoms with Crippen LogP contribution >= 0.6 is 0 Å². The van der Waals surface area contributed by atoms with E-state index in [9.17, 15) is 13.2 Å². The van der Waals surface area contributed by atoms with Crippen molar-refractivity contribution in [2.24, 2.45) is 0 Å². The number of rotatable bonds is 5. The van der Waals surface area contributed by atoms with Crippen LogP contribution in [0.15, 0.2) is 29.2 Å². The van der Waals surface area contributed by atoms with Crippen LogP contribution in [0.2, 0.25) is 0 Å². The van der Waals surface area contributed by atoms with Crippen LogP contribution in [0.1, 0.15) is 6.42 Å². The zero-order valence-electron chi connectivity index (χ0n) is 8.34. The van der Waals surface area contributed by atoms with E-state index >= 15 is 0 Å². The largest absolute Gasteiger partial charge is 0.493 e. The molecule has 0 radical (unpaired) electrons. The summed E-state index contributed by atoms with van der Waals surface area (Å²) in [6, 6.07) is 6.20. The molecule has 1 aromatic rings. The molecule has 5 heteroatoms. The van der Waals surface area contributed by atoms with E-state index < -0.39 is 9.84 Å². The van der Waals surface area contributed by atoms with Gasteiger partial charge in [-0.25, -0.2) is 8.42 Å². The van der Waals surface area contributed by atoms with Gasteiger partial charge in [-0.05, 0) is 18.2 Å². The summed E-state index contributed by atoms with van der Waals surface area (Å²) in [6.45, 7) is 0.261. The average molecular weight is 228 g/mol. The highest BCUT2D eigenvalue weighted by molar-refractivity contribution is 7.90. The number of sulfone groups is 1.